The van der Waals surface area contributed by atoms with Gasteiger partial charge in [0.1, 0.15) is 0 Å². The second kappa shape index (κ2) is 7.81. The topological polar surface area (TPSA) is 32.3 Å². The Labute approximate surface area is 121 Å². The Morgan fingerprint density at radius 1 is 1.44 bits per heavy atom. The predicted octanol–water partition coefficient (Wildman–Crippen LogP) is 2.61. The zero-order chi connectivity index (χ0) is 13.5. The molecule has 0 heterocycles. The average Bonchev–Trinajstić information content (AvgIpc) is 2.37. The van der Waals surface area contributed by atoms with Crippen LogP contribution in [0, 0.1) is 0 Å². The Kier molecular flexibility index (Phi) is 6.75. The molecule has 1 atom stereocenters. The number of nitrogens with zero attached hydrogens (tertiary/aromatic N) is 1. The lowest BCUT2D eigenvalue weighted by Gasteiger charge is -2.21. The van der Waals surface area contributed by atoms with Crippen LogP contribution >= 0.6 is 27.7 Å². The Balaban J connectivity index is 2.51. The Morgan fingerprint density at radius 3 is 2.61 bits per heavy atom. The number of thioether (sulfide) groups is 1. The van der Waals surface area contributed by atoms with Crippen molar-refractivity contribution in [1.82, 2.24) is 10.2 Å². The van der Waals surface area contributed by atoms with Crippen molar-refractivity contribution in [2.24, 2.45) is 0 Å². The molecule has 0 saturated heterocycles. The van der Waals surface area contributed by atoms with Gasteiger partial charge in [-0.2, -0.15) is 0 Å². The van der Waals surface area contributed by atoms with Crippen LogP contribution in [0.2, 0.25) is 0 Å². The van der Waals surface area contributed by atoms with Crippen LogP contribution in [0.25, 0.3) is 0 Å². The fraction of sp³-hybridized carbons (Fsp3) is 0.462. The van der Waals surface area contributed by atoms with Crippen LogP contribution in [0.1, 0.15) is 6.92 Å². The SMILES string of the molecule is CNCCN(C)C(=O)C(C)Sc1ccc(Br)cc1. The van der Waals surface area contributed by atoms with E-state index < -0.39 is 0 Å². The summed E-state index contributed by atoms with van der Waals surface area (Å²) in [6.07, 6.45) is 0. The van der Waals surface area contributed by atoms with Crippen molar-refractivity contribution in [3.05, 3.63) is 28.7 Å². The molecule has 0 radical (unpaired) electrons. The van der Waals surface area contributed by atoms with Gasteiger partial charge in [0.2, 0.25) is 5.91 Å². The molecule has 100 valence electrons. The molecule has 0 aliphatic heterocycles. The minimum absolute atomic E-state index is 0.0620. The number of benzene rings is 1. The third kappa shape index (κ3) is 5.00. The minimum Gasteiger partial charge on any atom is -0.344 e. The van der Waals surface area contributed by atoms with Crippen molar-refractivity contribution in [3.8, 4) is 0 Å². The van der Waals surface area contributed by atoms with E-state index >= 15 is 0 Å². The van der Waals surface area contributed by atoms with Crippen molar-refractivity contribution < 1.29 is 4.79 Å². The van der Waals surface area contributed by atoms with E-state index in [2.05, 4.69) is 21.2 Å². The number of carbonyl (C=O) groups excluding carboxylic acids is 1. The number of nitrogens with one attached hydrogen (secondary N) is 1. The summed E-state index contributed by atoms with van der Waals surface area (Å²) in [5.74, 6) is 0.165. The molecular formula is C13H19BrN2OS. The molecule has 0 aliphatic rings. The van der Waals surface area contributed by atoms with Gasteiger partial charge in [-0.25, -0.2) is 0 Å². The quantitative estimate of drug-likeness (QED) is 0.814. The summed E-state index contributed by atoms with van der Waals surface area (Å²) >= 11 is 4.99. The molecule has 0 spiro atoms. The first-order valence-corrected chi connectivity index (χ1v) is 7.53. The van der Waals surface area contributed by atoms with Gasteiger partial charge in [0, 0.05) is 29.5 Å². The molecule has 0 aromatic heterocycles. The fourth-order valence-corrected chi connectivity index (χ4v) is 2.71. The summed E-state index contributed by atoms with van der Waals surface area (Å²) < 4.78 is 1.05. The van der Waals surface area contributed by atoms with Crippen molar-refractivity contribution >= 4 is 33.6 Å². The molecular weight excluding hydrogens is 312 g/mol. The van der Waals surface area contributed by atoms with Crippen LogP contribution in [-0.2, 0) is 4.79 Å². The first-order valence-electron chi connectivity index (χ1n) is 5.86. The van der Waals surface area contributed by atoms with E-state index in [0.29, 0.717) is 0 Å². The van der Waals surface area contributed by atoms with Crippen LogP contribution in [0.3, 0.4) is 0 Å². The van der Waals surface area contributed by atoms with Gasteiger partial charge in [0.25, 0.3) is 0 Å². The lowest BCUT2D eigenvalue weighted by atomic mass is 10.4. The van der Waals surface area contributed by atoms with Gasteiger partial charge in [0.15, 0.2) is 0 Å². The summed E-state index contributed by atoms with van der Waals surface area (Å²) in [6, 6.07) is 8.02. The summed E-state index contributed by atoms with van der Waals surface area (Å²) in [5.41, 5.74) is 0. The lowest BCUT2D eigenvalue weighted by Crippen LogP contribution is -2.37. The molecule has 0 aliphatic carbocycles. The molecule has 0 fully saturated rings. The Morgan fingerprint density at radius 2 is 2.06 bits per heavy atom. The molecule has 0 saturated carbocycles. The number of likely N-dealkylation sites (N-methyl/N-ethyl adjacent to an activating group) is 2. The molecule has 1 aromatic carbocycles. The molecule has 1 unspecified atom stereocenters. The highest BCUT2D eigenvalue weighted by atomic mass is 79.9. The fourth-order valence-electron chi connectivity index (χ4n) is 1.47. The van der Waals surface area contributed by atoms with E-state index in [9.17, 15) is 4.79 Å². The molecule has 5 heteroatoms. The van der Waals surface area contributed by atoms with Gasteiger partial charge in [0.05, 0.1) is 5.25 Å². The zero-order valence-electron chi connectivity index (χ0n) is 10.9. The summed E-state index contributed by atoms with van der Waals surface area (Å²) in [4.78, 5) is 15.0. The zero-order valence-corrected chi connectivity index (χ0v) is 13.3. The number of halogens is 1. The monoisotopic (exact) mass is 330 g/mol. The van der Waals surface area contributed by atoms with Crippen LogP contribution in [-0.4, -0.2) is 43.2 Å². The van der Waals surface area contributed by atoms with Gasteiger partial charge in [-0.05, 0) is 38.2 Å². The van der Waals surface area contributed by atoms with Crippen LogP contribution in [0.5, 0.6) is 0 Å². The average molecular weight is 331 g/mol. The number of amides is 1. The van der Waals surface area contributed by atoms with Crippen LogP contribution in [0.4, 0.5) is 0 Å². The van der Waals surface area contributed by atoms with Gasteiger partial charge < -0.3 is 10.2 Å². The predicted molar refractivity (Wildman–Crippen MR) is 81.0 cm³/mol. The summed E-state index contributed by atoms with van der Waals surface area (Å²) in [7, 11) is 3.73. The van der Waals surface area contributed by atoms with Gasteiger partial charge >= 0.3 is 0 Å². The maximum Gasteiger partial charge on any atom is 0.235 e. The van der Waals surface area contributed by atoms with E-state index in [1.165, 1.54) is 0 Å². The highest BCUT2D eigenvalue weighted by Gasteiger charge is 2.18. The van der Waals surface area contributed by atoms with Crippen LogP contribution in [0.15, 0.2) is 33.6 Å². The van der Waals surface area contributed by atoms with E-state index in [0.717, 1.165) is 22.5 Å². The molecule has 3 nitrogen and oxygen atoms in total. The van der Waals surface area contributed by atoms with Crippen LogP contribution < -0.4 is 5.32 Å². The van der Waals surface area contributed by atoms with E-state index in [1.54, 1.807) is 16.7 Å². The maximum absolute atomic E-state index is 12.1. The third-order valence-electron chi connectivity index (χ3n) is 2.55. The largest absolute Gasteiger partial charge is 0.344 e. The molecule has 1 rings (SSSR count). The molecule has 1 N–H and O–H groups in total. The summed E-state index contributed by atoms with van der Waals surface area (Å²) in [6.45, 7) is 3.50. The summed E-state index contributed by atoms with van der Waals surface area (Å²) in [5, 5.41) is 2.98. The minimum atomic E-state index is -0.0620. The van der Waals surface area contributed by atoms with Crippen molar-refractivity contribution in [1.29, 1.82) is 0 Å². The number of rotatable bonds is 6. The van der Waals surface area contributed by atoms with E-state index in [1.807, 2.05) is 45.3 Å². The molecule has 1 amide bonds. The Bertz CT molecular complexity index is 383. The van der Waals surface area contributed by atoms with Crippen molar-refractivity contribution in [2.75, 3.05) is 27.2 Å². The number of hydrogen-bond acceptors (Lipinski definition) is 3. The van der Waals surface area contributed by atoms with Crippen molar-refractivity contribution in [2.45, 2.75) is 17.1 Å². The smallest absolute Gasteiger partial charge is 0.235 e. The van der Waals surface area contributed by atoms with Gasteiger partial charge in [-0.3, -0.25) is 4.79 Å². The van der Waals surface area contributed by atoms with Gasteiger partial charge in [-0.15, -0.1) is 11.8 Å². The highest BCUT2D eigenvalue weighted by Crippen LogP contribution is 2.25. The van der Waals surface area contributed by atoms with Gasteiger partial charge in [-0.1, -0.05) is 15.9 Å². The maximum atomic E-state index is 12.1. The van der Waals surface area contributed by atoms with Crippen molar-refractivity contribution in [3.63, 3.8) is 0 Å². The lowest BCUT2D eigenvalue weighted by molar-refractivity contribution is -0.128. The normalized spacial score (nSPS) is 12.2. The standard InChI is InChI=1S/C13H19BrN2OS/c1-10(13(17)16(3)9-8-15-2)18-12-6-4-11(14)5-7-12/h4-7,10,15H,8-9H2,1-3H3. The second-order valence-corrected chi connectivity index (χ2v) is 6.41. The first-order chi connectivity index (χ1) is 8.54. The first kappa shape index (κ1) is 15.5. The third-order valence-corrected chi connectivity index (χ3v) is 4.18. The van der Waals surface area contributed by atoms with E-state index in [4.69, 9.17) is 0 Å². The highest BCUT2D eigenvalue weighted by molar-refractivity contribution is 9.10. The van der Waals surface area contributed by atoms with E-state index in [-0.39, 0.29) is 11.2 Å². The molecule has 1 aromatic rings. The molecule has 18 heavy (non-hydrogen) atoms. The number of carbonyl (C=O) groups is 1. The molecule has 0 bridgehead atoms. The number of hydrogen-bond donors (Lipinski definition) is 1. The Hall–Kier alpha value is -0.520. The second-order valence-electron chi connectivity index (χ2n) is 4.08.